The van der Waals surface area contributed by atoms with Gasteiger partial charge in [-0.3, -0.25) is 4.79 Å². The molecule has 2 N–H and O–H groups in total. The molecule has 0 unspecified atom stereocenters. The maximum Gasteiger partial charge on any atom is 0.250 e. The summed E-state index contributed by atoms with van der Waals surface area (Å²) >= 11 is 1.13. The van der Waals surface area contributed by atoms with Crippen LogP contribution in [0.3, 0.4) is 0 Å². The quantitative estimate of drug-likeness (QED) is 0.715. The third-order valence-electron chi connectivity index (χ3n) is 4.85. The Labute approximate surface area is 171 Å². The molecule has 28 heavy (non-hydrogen) atoms. The van der Waals surface area contributed by atoms with Crippen LogP contribution in [0.5, 0.6) is 0 Å². The molecule has 3 rings (SSSR count). The number of anilines is 2. The summed E-state index contributed by atoms with van der Waals surface area (Å²) in [4.78, 5) is 15.1. The number of nitrogens with zero attached hydrogens (tertiary/aromatic N) is 1. The van der Waals surface area contributed by atoms with Crippen LogP contribution >= 0.6 is 11.3 Å². The molecular weight excluding hydrogens is 394 g/mol. The zero-order valence-corrected chi connectivity index (χ0v) is 17.9. The summed E-state index contributed by atoms with van der Waals surface area (Å²) in [6.07, 6.45) is 3.69. The fraction of sp³-hybridized carbons (Fsp3) is 0.450. The standard InChI is InChI=1S/C20H27N3O3S2/c1-15(2)19(22-28(25,26)18-7-6-14-27-18)20(24)21-16-8-10-17(11-9-16)23-12-4-3-5-13-23/h6-11,14-15,19,22H,3-5,12-13H2,1-2H3,(H,21,24)/t19-/m0/s1. The summed E-state index contributed by atoms with van der Waals surface area (Å²) in [7, 11) is -3.72. The Morgan fingerprint density at radius 3 is 2.32 bits per heavy atom. The second-order valence-electron chi connectivity index (χ2n) is 7.36. The first kappa shape index (κ1) is 20.8. The molecule has 2 heterocycles. The van der Waals surface area contributed by atoms with Gasteiger partial charge in [0.1, 0.15) is 10.3 Å². The zero-order valence-electron chi connectivity index (χ0n) is 16.2. The molecule has 0 radical (unpaired) electrons. The van der Waals surface area contributed by atoms with Gasteiger partial charge in [0.05, 0.1) is 0 Å². The molecule has 1 amide bonds. The number of sulfonamides is 1. The normalized spacial score (nSPS) is 16.2. The van der Waals surface area contributed by atoms with E-state index in [2.05, 4.69) is 14.9 Å². The predicted octanol–water partition coefficient (Wildman–Crippen LogP) is 3.68. The van der Waals surface area contributed by atoms with Gasteiger partial charge in [-0.15, -0.1) is 11.3 Å². The molecule has 152 valence electrons. The van der Waals surface area contributed by atoms with E-state index in [4.69, 9.17) is 0 Å². The van der Waals surface area contributed by atoms with E-state index in [9.17, 15) is 13.2 Å². The molecule has 0 saturated carbocycles. The number of carbonyl (C=O) groups excluding carboxylic acids is 1. The van der Waals surface area contributed by atoms with Crippen LogP contribution in [0.25, 0.3) is 0 Å². The zero-order chi connectivity index (χ0) is 20.1. The number of hydrogen-bond acceptors (Lipinski definition) is 5. The number of amides is 1. The minimum Gasteiger partial charge on any atom is -0.372 e. The van der Waals surface area contributed by atoms with Crippen molar-refractivity contribution in [1.29, 1.82) is 0 Å². The molecule has 1 aliphatic heterocycles. The summed E-state index contributed by atoms with van der Waals surface area (Å²) in [5, 5.41) is 4.54. The maximum atomic E-state index is 12.7. The fourth-order valence-corrected chi connectivity index (χ4v) is 5.62. The largest absolute Gasteiger partial charge is 0.372 e. The van der Waals surface area contributed by atoms with Gasteiger partial charge >= 0.3 is 0 Å². The van der Waals surface area contributed by atoms with Crippen molar-refractivity contribution in [3.63, 3.8) is 0 Å². The van der Waals surface area contributed by atoms with E-state index in [0.717, 1.165) is 30.1 Å². The molecule has 6 nitrogen and oxygen atoms in total. The lowest BCUT2D eigenvalue weighted by molar-refractivity contribution is -0.118. The van der Waals surface area contributed by atoms with Crippen LogP contribution in [0.2, 0.25) is 0 Å². The molecule has 1 fully saturated rings. The maximum absolute atomic E-state index is 12.7. The molecule has 0 aliphatic carbocycles. The number of hydrogen-bond donors (Lipinski definition) is 2. The number of thiophene rings is 1. The average molecular weight is 422 g/mol. The van der Waals surface area contributed by atoms with Crippen molar-refractivity contribution in [1.82, 2.24) is 4.72 Å². The van der Waals surface area contributed by atoms with Gasteiger partial charge in [0.15, 0.2) is 0 Å². The van der Waals surface area contributed by atoms with E-state index >= 15 is 0 Å². The van der Waals surface area contributed by atoms with Crippen LogP contribution in [0.4, 0.5) is 11.4 Å². The molecule has 1 aromatic heterocycles. The Hall–Kier alpha value is -1.90. The molecule has 0 spiro atoms. The third-order valence-corrected chi connectivity index (χ3v) is 7.69. The van der Waals surface area contributed by atoms with Crippen molar-refractivity contribution < 1.29 is 13.2 Å². The molecule has 1 saturated heterocycles. The van der Waals surface area contributed by atoms with E-state index in [0.29, 0.717) is 5.69 Å². The average Bonchev–Trinajstić information content (AvgIpc) is 3.23. The number of piperidine rings is 1. The lowest BCUT2D eigenvalue weighted by atomic mass is 10.0. The monoisotopic (exact) mass is 421 g/mol. The van der Waals surface area contributed by atoms with Gasteiger partial charge in [-0.2, -0.15) is 4.72 Å². The van der Waals surface area contributed by atoms with Gasteiger partial charge in [0.2, 0.25) is 5.91 Å². The van der Waals surface area contributed by atoms with E-state index in [1.54, 1.807) is 11.4 Å². The number of carbonyl (C=O) groups is 1. The van der Waals surface area contributed by atoms with Crippen LogP contribution < -0.4 is 14.9 Å². The Morgan fingerprint density at radius 2 is 1.75 bits per heavy atom. The van der Waals surface area contributed by atoms with Crippen molar-refractivity contribution in [2.75, 3.05) is 23.3 Å². The van der Waals surface area contributed by atoms with Gasteiger partial charge in [-0.05, 0) is 60.9 Å². The third kappa shape index (κ3) is 5.12. The van der Waals surface area contributed by atoms with Crippen molar-refractivity contribution in [2.24, 2.45) is 5.92 Å². The highest BCUT2D eigenvalue weighted by Crippen LogP contribution is 2.22. The molecule has 1 atom stereocenters. The topological polar surface area (TPSA) is 78.5 Å². The van der Waals surface area contributed by atoms with Crippen LogP contribution in [0, 0.1) is 5.92 Å². The first-order valence-electron chi connectivity index (χ1n) is 9.58. The second-order valence-corrected chi connectivity index (χ2v) is 10.2. The summed E-state index contributed by atoms with van der Waals surface area (Å²) in [5.74, 6) is -0.553. The fourth-order valence-electron chi connectivity index (χ4n) is 3.26. The van der Waals surface area contributed by atoms with Crippen LogP contribution in [0.1, 0.15) is 33.1 Å². The molecule has 1 aromatic carbocycles. The van der Waals surface area contributed by atoms with Gasteiger partial charge < -0.3 is 10.2 Å². The van der Waals surface area contributed by atoms with Gasteiger partial charge in [0, 0.05) is 24.5 Å². The highest BCUT2D eigenvalue weighted by atomic mass is 32.2. The Balaban J connectivity index is 1.67. The van der Waals surface area contributed by atoms with E-state index < -0.39 is 16.1 Å². The van der Waals surface area contributed by atoms with Gasteiger partial charge in [-0.1, -0.05) is 19.9 Å². The molecule has 1 aliphatic rings. The summed E-state index contributed by atoms with van der Waals surface area (Å²) in [6, 6.07) is 10.1. The van der Waals surface area contributed by atoms with Crippen LogP contribution in [-0.2, 0) is 14.8 Å². The summed E-state index contributed by atoms with van der Waals surface area (Å²) in [6.45, 7) is 5.76. The predicted molar refractivity (Wildman–Crippen MR) is 114 cm³/mol. The smallest absolute Gasteiger partial charge is 0.250 e. The molecule has 2 aromatic rings. The second kappa shape index (κ2) is 9.07. The first-order valence-corrected chi connectivity index (χ1v) is 11.9. The Morgan fingerprint density at radius 1 is 1.07 bits per heavy atom. The lowest BCUT2D eigenvalue weighted by Crippen LogP contribution is -2.46. The van der Waals surface area contributed by atoms with Crippen molar-refractivity contribution in [3.8, 4) is 0 Å². The Bertz CT molecular complexity index is 872. The van der Waals surface area contributed by atoms with Crippen molar-refractivity contribution in [3.05, 3.63) is 41.8 Å². The van der Waals surface area contributed by atoms with Crippen molar-refractivity contribution in [2.45, 2.75) is 43.4 Å². The summed E-state index contributed by atoms with van der Waals surface area (Å²) in [5.41, 5.74) is 1.81. The molecular formula is C20H27N3O3S2. The molecule has 8 heteroatoms. The lowest BCUT2D eigenvalue weighted by Gasteiger charge is -2.29. The number of rotatable bonds is 7. The number of nitrogens with one attached hydrogen (secondary N) is 2. The van der Waals surface area contributed by atoms with Gasteiger partial charge in [-0.25, -0.2) is 8.42 Å². The summed E-state index contributed by atoms with van der Waals surface area (Å²) < 4.78 is 27.7. The van der Waals surface area contributed by atoms with E-state index in [1.807, 2.05) is 38.1 Å². The van der Waals surface area contributed by atoms with E-state index in [1.165, 1.54) is 25.3 Å². The Kier molecular flexibility index (Phi) is 6.74. The van der Waals surface area contributed by atoms with Gasteiger partial charge in [0.25, 0.3) is 10.0 Å². The van der Waals surface area contributed by atoms with Crippen LogP contribution in [-0.4, -0.2) is 33.5 Å². The minimum atomic E-state index is -3.72. The van der Waals surface area contributed by atoms with Crippen LogP contribution in [0.15, 0.2) is 46.0 Å². The SMILES string of the molecule is CC(C)[C@H](NS(=O)(=O)c1cccs1)C(=O)Nc1ccc(N2CCCCC2)cc1. The highest BCUT2D eigenvalue weighted by molar-refractivity contribution is 7.91. The highest BCUT2D eigenvalue weighted by Gasteiger charge is 2.29. The van der Waals surface area contributed by atoms with Crippen molar-refractivity contribution >= 4 is 38.6 Å². The van der Waals surface area contributed by atoms with E-state index in [-0.39, 0.29) is 16.0 Å². The minimum absolute atomic E-state index is 0.192. The first-order chi connectivity index (χ1) is 13.4. The number of benzene rings is 1. The molecule has 0 bridgehead atoms.